The molecule has 1 heterocycles. The van der Waals surface area contributed by atoms with E-state index >= 15 is 0 Å². The van der Waals surface area contributed by atoms with Crippen molar-refractivity contribution in [1.82, 2.24) is 9.78 Å². The van der Waals surface area contributed by atoms with Gasteiger partial charge in [0.2, 0.25) is 5.89 Å². The second-order valence-electron chi connectivity index (χ2n) is 7.10. The zero-order valence-electron chi connectivity index (χ0n) is 15.9. The summed E-state index contributed by atoms with van der Waals surface area (Å²) in [5.41, 5.74) is 1.73. The molecule has 0 radical (unpaired) electrons. The van der Waals surface area contributed by atoms with E-state index in [9.17, 15) is 10.1 Å². The first-order valence-electron chi connectivity index (χ1n) is 9.34. The molecule has 1 aliphatic carbocycles. The molecule has 1 aromatic heterocycles. The van der Waals surface area contributed by atoms with E-state index in [1.807, 2.05) is 12.1 Å². The van der Waals surface area contributed by atoms with Crippen LogP contribution in [0.2, 0.25) is 0 Å². The van der Waals surface area contributed by atoms with Gasteiger partial charge in [-0.1, -0.05) is 6.07 Å². The van der Waals surface area contributed by atoms with Gasteiger partial charge < -0.3 is 14.1 Å². The molecule has 4 rings (SSSR count). The van der Waals surface area contributed by atoms with E-state index < -0.39 is 4.92 Å². The van der Waals surface area contributed by atoms with Crippen molar-refractivity contribution >= 4 is 17.9 Å². The highest BCUT2D eigenvalue weighted by Gasteiger charge is 2.34. The molecule has 150 valence electrons. The normalized spacial score (nSPS) is 14.5. The molecule has 3 aromatic rings. The molecule has 0 spiro atoms. The molecular weight excluding hydrogens is 392 g/mol. The maximum Gasteiger partial charge on any atom is 0.292 e. The number of ether oxygens (including phenoxy) is 1. The van der Waals surface area contributed by atoms with Crippen LogP contribution in [0.3, 0.4) is 0 Å². The van der Waals surface area contributed by atoms with Gasteiger partial charge in [-0.3, -0.25) is 10.1 Å². The summed E-state index contributed by atoms with van der Waals surface area (Å²) in [7, 11) is 1.65. The van der Waals surface area contributed by atoms with Gasteiger partial charge in [0.15, 0.2) is 6.67 Å². The number of nitro benzene ring substituents is 1. The lowest BCUT2D eigenvalue weighted by atomic mass is 10.2. The lowest BCUT2D eigenvalue weighted by Crippen LogP contribution is -3.11. The first kappa shape index (κ1) is 19.3. The Bertz CT molecular complexity index is 1070. The van der Waals surface area contributed by atoms with E-state index in [1.54, 1.807) is 23.9 Å². The summed E-state index contributed by atoms with van der Waals surface area (Å²) in [6, 6.07) is 14.8. The molecule has 9 heteroatoms. The van der Waals surface area contributed by atoms with E-state index in [0.29, 0.717) is 24.2 Å². The molecule has 8 nitrogen and oxygen atoms in total. The molecule has 0 amide bonds. The third-order valence-corrected chi connectivity index (χ3v) is 5.30. The Kier molecular flexibility index (Phi) is 5.41. The van der Waals surface area contributed by atoms with Gasteiger partial charge in [-0.2, -0.15) is 4.68 Å². The van der Waals surface area contributed by atoms with Crippen LogP contribution in [0.4, 0.5) is 5.69 Å². The van der Waals surface area contributed by atoms with Crippen LogP contribution in [-0.4, -0.2) is 27.9 Å². The maximum absolute atomic E-state index is 11.0. The molecule has 0 aliphatic heterocycles. The number of benzene rings is 2. The largest absolute Gasteiger partial charge is 0.497 e. The Balaban J connectivity index is 1.53. The fourth-order valence-corrected chi connectivity index (χ4v) is 3.48. The van der Waals surface area contributed by atoms with E-state index in [1.165, 1.54) is 35.4 Å². The van der Waals surface area contributed by atoms with Gasteiger partial charge >= 0.3 is 0 Å². The number of quaternary nitrogens is 1. The predicted molar refractivity (Wildman–Crippen MR) is 108 cm³/mol. The van der Waals surface area contributed by atoms with Crippen LogP contribution in [0.15, 0.2) is 52.9 Å². The standard InChI is InChI=1S/C20H20N4O4S/c1-27-18-9-5-14(6-10-18)12-22(16-7-8-16)13-23-20(29)28-19(21-23)15-3-2-4-17(11-15)24(25)26/h2-6,9-11,16H,7-8,12-13H2,1H3/p+1. The summed E-state index contributed by atoms with van der Waals surface area (Å²) in [6.45, 7) is 1.42. The number of non-ortho nitro benzene ring substituents is 1. The number of hydrogen-bond donors (Lipinski definition) is 1. The van der Waals surface area contributed by atoms with Crippen molar-refractivity contribution in [2.24, 2.45) is 0 Å². The lowest BCUT2D eigenvalue weighted by Gasteiger charge is -2.18. The van der Waals surface area contributed by atoms with Crippen molar-refractivity contribution in [2.75, 3.05) is 7.11 Å². The second-order valence-corrected chi connectivity index (χ2v) is 7.44. The first-order valence-corrected chi connectivity index (χ1v) is 9.74. The summed E-state index contributed by atoms with van der Waals surface area (Å²) in [5.74, 6) is 1.13. The minimum atomic E-state index is -0.442. The monoisotopic (exact) mass is 413 g/mol. The van der Waals surface area contributed by atoms with Gasteiger partial charge in [0.25, 0.3) is 10.5 Å². The molecule has 1 N–H and O–H groups in total. The fourth-order valence-electron chi connectivity index (χ4n) is 3.29. The molecule has 1 fully saturated rings. The van der Waals surface area contributed by atoms with E-state index in [4.69, 9.17) is 21.4 Å². The number of nitrogens with zero attached hydrogens (tertiary/aromatic N) is 3. The SMILES string of the molecule is COc1ccc(C[NH+](Cn2nc(-c3cccc([N+](=O)[O-])c3)oc2=S)C2CC2)cc1. The lowest BCUT2D eigenvalue weighted by molar-refractivity contribution is -0.947. The van der Waals surface area contributed by atoms with E-state index in [2.05, 4.69) is 17.2 Å². The highest BCUT2D eigenvalue weighted by Crippen LogP contribution is 2.23. The smallest absolute Gasteiger partial charge is 0.292 e. The van der Waals surface area contributed by atoms with Gasteiger partial charge in [0, 0.05) is 36.1 Å². The third-order valence-electron chi connectivity index (χ3n) is 5.01. The number of rotatable bonds is 8. The Morgan fingerprint density at radius 1 is 1.31 bits per heavy atom. The average Bonchev–Trinajstić information content (AvgIpc) is 3.52. The molecule has 29 heavy (non-hydrogen) atoms. The number of nitrogens with one attached hydrogen (secondary N) is 1. The average molecular weight is 413 g/mol. The second kappa shape index (κ2) is 8.14. The van der Waals surface area contributed by atoms with Crippen molar-refractivity contribution in [3.8, 4) is 17.2 Å². The highest BCUT2D eigenvalue weighted by molar-refractivity contribution is 7.71. The molecular formula is C20H21N4O4S+. The van der Waals surface area contributed by atoms with Gasteiger partial charge in [0.05, 0.1) is 18.1 Å². The van der Waals surface area contributed by atoms with Crippen LogP contribution < -0.4 is 9.64 Å². The number of methoxy groups -OCH3 is 1. The Hall–Kier alpha value is -3.04. The fraction of sp³-hybridized carbons (Fsp3) is 0.300. The van der Waals surface area contributed by atoms with Crippen molar-refractivity contribution in [3.05, 3.63) is 69.0 Å². The van der Waals surface area contributed by atoms with Crippen LogP contribution in [0, 0.1) is 15.0 Å². The Morgan fingerprint density at radius 3 is 2.72 bits per heavy atom. The molecule has 0 saturated heterocycles. The summed E-state index contributed by atoms with van der Waals surface area (Å²) >= 11 is 5.35. The van der Waals surface area contributed by atoms with Crippen LogP contribution in [-0.2, 0) is 13.2 Å². The minimum Gasteiger partial charge on any atom is -0.497 e. The zero-order chi connectivity index (χ0) is 20.4. The van der Waals surface area contributed by atoms with Crippen molar-refractivity contribution in [1.29, 1.82) is 0 Å². The predicted octanol–water partition coefficient (Wildman–Crippen LogP) is 2.99. The van der Waals surface area contributed by atoms with E-state index in [-0.39, 0.29) is 10.5 Å². The van der Waals surface area contributed by atoms with Crippen LogP contribution >= 0.6 is 12.2 Å². The van der Waals surface area contributed by atoms with Crippen molar-refractivity contribution in [3.63, 3.8) is 0 Å². The molecule has 1 aliphatic rings. The summed E-state index contributed by atoms with van der Waals surface area (Å²) in [4.78, 5) is 12.2. The van der Waals surface area contributed by atoms with E-state index in [0.717, 1.165) is 12.3 Å². The summed E-state index contributed by atoms with van der Waals surface area (Å²) in [6.07, 6.45) is 2.35. The molecule has 1 saturated carbocycles. The van der Waals surface area contributed by atoms with Gasteiger partial charge in [-0.25, -0.2) is 0 Å². The molecule has 1 unspecified atom stereocenters. The molecule has 0 bridgehead atoms. The van der Waals surface area contributed by atoms with Gasteiger partial charge in [-0.05, 0) is 42.5 Å². The van der Waals surface area contributed by atoms with Gasteiger partial charge in [0.1, 0.15) is 12.3 Å². The zero-order valence-corrected chi connectivity index (χ0v) is 16.7. The summed E-state index contributed by atoms with van der Waals surface area (Å²) in [5, 5.41) is 15.5. The number of hydrogen-bond acceptors (Lipinski definition) is 6. The highest BCUT2D eigenvalue weighted by atomic mass is 32.1. The first-order chi connectivity index (χ1) is 14.0. The maximum atomic E-state index is 11.0. The van der Waals surface area contributed by atoms with Crippen LogP contribution in [0.5, 0.6) is 5.75 Å². The third kappa shape index (κ3) is 4.52. The minimum absolute atomic E-state index is 0.0112. The summed E-state index contributed by atoms with van der Waals surface area (Å²) < 4.78 is 12.5. The molecule has 1 atom stereocenters. The van der Waals surface area contributed by atoms with Crippen LogP contribution in [0.25, 0.3) is 11.5 Å². The van der Waals surface area contributed by atoms with Crippen LogP contribution in [0.1, 0.15) is 18.4 Å². The molecule has 2 aromatic carbocycles. The quantitative estimate of drug-likeness (QED) is 0.347. The van der Waals surface area contributed by atoms with Crippen molar-refractivity contribution in [2.45, 2.75) is 32.1 Å². The van der Waals surface area contributed by atoms with Gasteiger partial charge in [-0.15, -0.1) is 5.10 Å². The van der Waals surface area contributed by atoms with Crippen molar-refractivity contribution < 1.29 is 19.0 Å². The topological polar surface area (TPSA) is 87.8 Å². The Labute approximate surface area is 172 Å². The Morgan fingerprint density at radius 2 is 2.07 bits per heavy atom. The number of nitro groups is 1. The number of aromatic nitrogens is 2.